The van der Waals surface area contributed by atoms with E-state index in [1.807, 2.05) is 0 Å². The van der Waals surface area contributed by atoms with Gasteiger partial charge in [-0.3, -0.25) is 14.7 Å². The summed E-state index contributed by atoms with van der Waals surface area (Å²) < 4.78 is 58.5. The Kier molecular flexibility index (Phi) is 7.45. The number of carbonyl (C=O) groups excluding carboxylic acids is 2. The van der Waals surface area contributed by atoms with Crippen molar-refractivity contribution < 1.29 is 31.9 Å². The summed E-state index contributed by atoms with van der Waals surface area (Å²) in [5.41, 5.74) is -0.0590. The van der Waals surface area contributed by atoms with Gasteiger partial charge in [0.15, 0.2) is 5.69 Å². The van der Waals surface area contributed by atoms with Gasteiger partial charge < -0.3 is 15.4 Å². The van der Waals surface area contributed by atoms with Gasteiger partial charge in [0.2, 0.25) is 5.88 Å². The molecular weight excluding hydrogens is 515 g/mol. The van der Waals surface area contributed by atoms with Crippen LogP contribution in [0.5, 0.6) is 5.88 Å². The molecule has 0 aliphatic carbocycles. The Morgan fingerprint density at radius 2 is 1.77 bits per heavy atom. The molecule has 0 saturated heterocycles. The summed E-state index contributed by atoms with van der Waals surface area (Å²) in [6.07, 6.45) is -3.36. The van der Waals surface area contributed by atoms with Gasteiger partial charge in [0.05, 0.1) is 11.1 Å². The lowest BCUT2D eigenvalue weighted by molar-refractivity contribution is -0.137. The van der Waals surface area contributed by atoms with Crippen LogP contribution in [0.3, 0.4) is 0 Å². The number of hydrogen-bond donors (Lipinski definition) is 3. The third-order valence-electron chi connectivity index (χ3n) is 5.52. The number of fused-ring (bicyclic) bond motifs is 1. The summed E-state index contributed by atoms with van der Waals surface area (Å²) in [4.78, 5) is 29.1. The number of benzene rings is 2. The highest BCUT2D eigenvalue weighted by molar-refractivity contribution is 6.58. The molecule has 4 rings (SSSR count). The van der Waals surface area contributed by atoms with Crippen molar-refractivity contribution >= 4 is 46.3 Å². The number of pyridine rings is 1. The highest BCUT2D eigenvalue weighted by Gasteiger charge is 2.31. The van der Waals surface area contributed by atoms with E-state index in [4.69, 9.17) is 28.3 Å². The van der Waals surface area contributed by atoms with Crippen LogP contribution in [-0.4, -0.2) is 62.9 Å². The second-order valence-electron chi connectivity index (χ2n) is 8.43. The average molecular weight is 531 g/mol. The highest BCUT2D eigenvalue weighted by atomic mass is 19.4. The lowest BCUT2D eigenvalue weighted by Gasteiger charge is -2.24. The molecule has 192 valence electrons. The third kappa shape index (κ3) is 6.24. The van der Waals surface area contributed by atoms with Crippen molar-refractivity contribution in [1.82, 2.24) is 25.8 Å². The molecule has 8 nitrogen and oxygen atoms in total. The number of halogens is 4. The van der Waals surface area contributed by atoms with Gasteiger partial charge in [0, 0.05) is 36.3 Å². The number of rotatable bonds is 7. The second-order valence-corrected chi connectivity index (χ2v) is 8.43. The Morgan fingerprint density at radius 3 is 2.44 bits per heavy atom. The largest absolute Gasteiger partial charge is 0.500 e. The summed E-state index contributed by atoms with van der Waals surface area (Å²) in [6.45, 7) is -0.584. The molecule has 0 aliphatic rings. The van der Waals surface area contributed by atoms with E-state index in [1.54, 1.807) is 18.2 Å². The molecule has 0 saturated carbocycles. The molecule has 6 radical (unpaired) electrons. The van der Waals surface area contributed by atoms with Crippen LogP contribution < -0.4 is 15.4 Å². The minimum Gasteiger partial charge on any atom is -0.500 e. The number of nitrogens with zero attached hydrogens (tertiary/aromatic N) is 2. The number of hydrogen-bond acceptors (Lipinski definition) is 5. The summed E-state index contributed by atoms with van der Waals surface area (Å²) in [5.74, 6) is -2.59. The van der Waals surface area contributed by atoms with Gasteiger partial charge in [-0.15, -0.1) is 0 Å². The van der Waals surface area contributed by atoms with Crippen molar-refractivity contribution in [3.63, 3.8) is 0 Å². The zero-order valence-electron chi connectivity index (χ0n) is 20.2. The number of ether oxygens (including phenoxy) is 1. The van der Waals surface area contributed by atoms with E-state index in [0.717, 1.165) is 0 Å². The number of aromatic nitrogens is 3. The highest BCUT2D eigenvalue weighted by Crippen LogP contribution is 2.31. The zero-order chi connectivity index (χ0) is 28.5. The van der Waals surface area contributed by atoms with E-state index < -0.39 is 40.9 Å². The summed E-state index contributed by atoms with van der Waals surface area (Å²) >= 11 is 0. The summed E-state index contributed by atoms with van der Waals surface area (Å²) in [5, 5.41) is 9.91. The number of carbonyl (C=O) groups is 2. The molecule has 0 atom stereocenters. The standard InChI is InChI=1S/C24H16B3F4N5O3/c1-32-21(38)19-15-4-2-11(8-18(15)35-36-19)12-7-16(22(34-9-12)39-24(25,26)27)20(37)33-10-13-6-14(23(29,30)31)3-5-17(13)28/h2-9H,10H2,1H3,(H,32,38)(H,33,37)(H,35,36). The first-order valence-electron chi connectivity index (χ1n) is 11.2. The molecule has 0 unspecified atom stereocenters. The van der Waals surface area contributed by atoms with Crippen LogP contribution in [0.2, 0.25) is 0 Å². The number of alkyl halides is 3. The van der Waals surface area contributed by atoms with Crippen LogP contribution in [0, 0.1) is 5.82 Å². The fraction of sp³-hybridized carbons (Fsp3) is 0.167. The predicted molar refractivity (Wildman–Crippen MR) is 136 cm³/mol. The SMILES string of the molecule is [B]C([B])([B])Oc1ncc(-c2ccc3c(C(=O)NC)n[nH]c3c2)cc1C(=O)NCc1cc(C(F)(F)F)ccc1F. The summed E-state index contributed by atoms with van der Waals surface area (Å²) in [6, 6.07) is 8.16. The first kappa shape index (κ1) is 27.7. The van der Waals surface area contributed by atoms with Gasteiger partial charge >= 0.3 is 6.18 Å². The topological polar surface area (TPSA) is 109 Å². The predicted octanol–water partition coefficient (Wildman–Crippen LogP) is 2.57. The van der Waals surface area contributed by atoms with Gasteiger partial charge in [-0.2, -0.15) is 18.3 Å². The van der Waals surface area contributed by atoms with Gasteiger partial charge in [0.1, 0.15) is 34.9 Å². The van der Waals surface area contributed by atoms with Crippen LogP contribution in [0.4, 0.5) is 17.6 Å². The molecular formula is C24H16B3F4N5O3. The van der Waals surface area contributed by atoms with Gasteiger partial charge in [-0.25, -0.2) is 9.37 Å². The van der Waals surface area contributed by atoms with Crippen molar-refractivity contribution in [2.45, 2.75) is 18.0 Å². The van der Waals surface area contributed by atoms with E-state index in [9.17, 15) is 27.2 Å². The number of H-pyrrole nitrogens is 1. The van der Waals surface area contributed by atoms with Crippen molar-refractivity contribution in [2.75, 3.05) is 7.05 Å². The van der Waals surface area contributed by atoms with Gasteiger partial charge in [-0.05, 0) is 47.3 Å². The first-order valence-corrected chi connectivity index (χ1v) is 11.2. The van der Waals surface area contributed by atoms with Crippen molar-refractivity contribution in [3.8, 4) is 17.0 Å². The van der Waals surface area contributed by atoms with Crippen molar-refractivity contribution in [3.05, 3.63) is 76.9 Å². The van der Waals surface area contributed by atoms with E-state index in [0.29, 0.717) is 40.2 Å². The lowest BCUT2D eigenvalue weighted by atomic mass is 9.52. The van der Waals surface area contributed by atoms with Crippen LogP contribution in [0.15, 0.2) is 48.7 Å². The van der Waals surface area contributed by atoms with Gasteiger partial charge in [-0.1, -0.05) is 6.07 Å². The van der Waals surface area contributed by atoms with Crippen LogP contribution in [0.1, 0.15) is 32.0 Å². The fourth-order valence-electron chi connectivity index (χ4n) is 3.67. The minimum atomic E-state index is -4.70. The molecule has 0 fully saturated rings. The van der Waals surface area contributed by atoms with E-state index in [2.05, 4.69) is 25.8 Å². The smallest absolute Gasteiger partial charge is 0.416 e. The van der Waals surface area contributed by atoms with Crippen LogP contribution in [0.25, 0.3) is 22.0 Å². The Bertz CT molecular complexity index is 1570. The Balaban J connectivity index is 1.67. The maximum Gasteiger partial charge on any atom is 0.416 e. The van der Waals surface area contributed by atoms with E-state index in [1.165, 1.54) is 19.3 Å². The Labute approximate surface area is 223 Å². The lowest BCUT2D eigenvalue weighted by Crippen LogP contribution is -2.38. The molecule has 0 spiro atoms. The summed E-state index contributed by atoms with van der Waals surface area (Å²) in [7, 11) is 17.9. The van der Waals surface area contributed by atoms with E-state index in [-0.39, 0.29) is 23.0 Å². The maximum atomic E-state index is 14.2. The number of nitrogens with one attached hydrogen (secondary N) is 3. The molecule has 3 N–H and O–H groups in total. The second kappa shape index (κ2) is 10.5. The Morgan fingerprint density at radius 1 is 1.03 bits per heavy atom. The molecule has 2 amide bonds. The van der Waals surface area contributed by atoms with E-state index >= 15 is 0 Å². The normalized spacial score (nSPS) is 11.8. The first-order chi connectivity index (χ1) is 18.3. The molecule has 2 heterocycles. The number of aromatic amines is 1. The minimum absolute atomic E-state index is 0.188. The van der Waals surface area contributed by atoms with Crippen molar-refractivity contribution in [1.29, 1.82) is 0 Å². The molecule has 2 aromatic carbocycles. The fourth-order valence-corrected chi connectivity index (χ4v) is 3.67. The maximum absolute atomic E-state index is 14.2. The molecule has 0 bridgehead atoms. The van der Waals surface area contributed by atoms with Crippen LogP contribution in [-0.2, 0) is 12.7 Å². The molecule has 15 heteroatoms. The monoisotopic (exact) mass is 531 g/mol. The van der Waals surface area contributed by atoms with Crippen LogP contribution >= 0.6 is 0 Å². The molecule has 39 heavy (non-hydrogen) atoms. The molecule has 4 aromatic rings. The van der Waals surface area contributed by atoms with Crippen molar-refractivity contribution in [2.24, 2.45) is 0 Å². The molecule has 2 aromatic heterocycles. The zero-order valence-corrected chi connectivity index (χ0v) is 20.2. The van der Waals surface area contributed by atoms with Gasteiger partial charge in [0.25, 0.3) is 11.8 Å². The molecule has 0 aliphatic heterocycles. The average Bonchev–Trinajstić information content (AvgIpc) is 3.29. The number of amides is 2. The Hall–Kier alpha value is -4.29. The third-order valence-corrected chi connectivity index (χ3v) is 5.52. The quantitative estimate of drug-likeness (QED) is 0.251.